The monoisotopic (exact) mass is 293 g/mol. The Balaban J connectivity index is 2.26. The molecule has 0 saturated carbocycles. The van der Waals surface area contributed by atoms with Gasteiger partial charge in [0.15, 0.2) is 0 Å². The molecule has 1 unspecified atom stereocenters. The number of hydrogen-bond acceptors (Lipinski definition) is 2. The number of rotatable bonds is 6. The maximum absolute atomic E-state index is 5.98. The predicted molar refractivity (Wildman–Crippen MR) is 85.3 cm³/mol. The fourth-order valence-electron chi connectivity index (χ4n) is 2.07. The molecular formula is C16H20ClNS. The van der Waals surface area contributed by atoms with Crippen molar-refractivity contribution in [2.75, 3.05) is 6.54 Å². The van der Waals surface area contributed by atoms with Gasteiger partial charge >= 0.3 is 0 Å². The summed E-state index contributed by atoms with van der Waals surface area (Å²) in [7, 11) is 0. The summed E-state index contributed by atoms with van der Waals surface area (Å²) in [6.45, 7) is 5.41. The van der Waals surface area contributed by atoms with E-state index in [0.717, 1.165) is 24.4 Å². The quantitative estimate of drug-likeness (QED) is 0.785. The Morgan fingerprint density at radius 1 is 1.11 bits per heavy atom. The first-order valence-electron chi connectivity index (χ1n) is 6.82. The van der Waals surface area contributed by atoms with Crippen LogP contribution in [0.5, 0.6) is 0 Å². The van der Waals surface area contributed by atoms with E-state index in [-0.39, 0.29) is 6.04 Å². The van der Waals surface area contributed by atoms with E-state index in [9.17, 15) is 0 Å². The highest BCUT2D eigenvalue weighted by molar-refractivity contribution is 7.12. The first-order valence-corrected chi connectivity index (χ1v) is 8.01. The van der Waals surface area contributed by atoms with E-state index in [1.54, 1.807) is 0 Å². The van der Waals surface area contributed by atoms with Crippen molar-refractivity contribution < 1.29 is 0 Å². The molecule has 2 rings (SSSR count). The molecule has 1 N–H and O–H groups in total. The van der Waals surface area contributed by atoms with Gasteiger partial charge in [0.1, 0.15) is 0 Å². The molecule has 1 aromatic heterocycles. The van der Waals surface area contributed by atoms with Crippen molar-refractivity contribution >= 4 is 22.9 Å². The standard InChI is InChI=1S/C16H20ClNS/c1-3-11-18-16(12-5-7-13(17)8-6-12)15-10-9-14(4-2)19-15/h5-10,16,18H,3-4,11H2,1-2H3. The van der Waals surface area contributed by atoms with Crippen molar-refractivity contribution in [2.45, 2.75) is 32.7 Å². The molecule has 0 saturated heterocycles. The second kappa shape index (κ2) is 7.09. The first kappa shape index (κ1) is 14.6. The highest BCUT2D eigenvalue weighted by Crippen LogP contribution is 2.29. The lowest BCUT2D eigenvalue weighted by Crippen LogP contribution is -2.22. The normalized spacial score (nSPS) is 12.6. The maximum atomic E-state index is 5.98. The van der Waals surface area contributed by atoms with Gasteiger partial charge in [-0.3, -0.25) is 0 Å². The van der Waals surface area contributed by atoms with E-state index < -0.39 is 0 Å². The molecule has 1 nitrogen and oxygen atoms in total. The fraction of sp³-hybridized carbons (Fsp3) is 0.375. The molecule has 0 aliphatic heterocycles. The van der Waals surface area contributed by atoms with E-state index >= 15 is 0 Å². The molecule has 0 amide bonds. The van der Waals surface area contributed by atoms with E-state index in [1.807, 2.05) is 23.5 Å². The van der Waals surface area contributed by atoms with Gasteiger partial charge in [-0.25, -0.2) is 0 Å². The third-order valence-corrected chi connectivity index (χ3v) is 4.66. The Hall–Kier alpha value is -0.830. The molecule has 1 atom stereocenters. The van der Waals surface area contributed by atoms with Crippen molar-refractivity contribution in [3.8, 4) is 0 Å². The van der Waals surface area contributed by atoms with Crippen LogP contribution >= 0.6 is 22.9 Å². The van der Waals surface area contributed by atoms with Gasteiger partial charge in [-0.05, 0) is 49.2 Å². The average Bonchev–Trinajstić information content (AvgIpc) is 2.90. The minimum Gasteiger partial charge on any atom is -0.306 e. The van der Waals surface area contributed by atoms with Gasteiger partial charge < -0.3 is 5.32 Å². The van der Waals surface area contributed by atoms with Crippen LogP contribution in [-0.4, -0.2) is 6.54 Å². The van der Waals surface area contributed by atoms with Crippen molar-refractivity contribution in [1.82, 2.24) is 5.32 Å². The minimum absolute atomic E-state index is 0.280. The zero-order chi connectivity index (χ0) is 13.7. The summed E-state index contributed by atoms with van der Waals surface area (Å²) >= 11 is 7.87. The Bertz CT molecular complexity index is 504. The second-order valence-corrected chi connectivity index (χ2v) is 6.23. The van der Waals surface area contributed by atoms with Crippen molar-refractivity contribution in [3.05, 3.63) is 56.7 Å². The van der Waals surface area contributed by atoms with E-state index in [2.05, 4.69) is 43.4 Å². The van der Waals surface area contributed by atoms with Crippen molar-refractivity contribution in [2.24, 2.45) is 0 Å². The summed E-state index contributed by atoms with van der Waals surface area (Å²) in [5.74, 6) is 0. The van der Waals surface area contributed by atoms with E-state index in [4.69, 9.17) is 11.6 Å². The maximum Gasteiger partial charge on any atom is 0.0671 e. The van der Waals surface area contributed by atoms with Crippen LogP contribution in [0.15, 0.2) is 36.4 Å². The van der Waals surface area contributed by atoms with Crippen LogP contribution in [0, 0.1) is 0 Å². The highest BCUT2D eigenvalue weighted by Gasteiger charge is 2.15. The van der Waals surface area contributed by atoms with Crippen LogP contribution in [0.2, 0.25) is 5.02 Å². The van der Waals surface area contributed by atoms with Crippen LogP contribution in [-0.2, 0) is 6.42 Å². The molecule has 102 valence electrons. The zero-order valence-corrected chi connectivity index (χ0v) is 13.0. The van der Waals surface area contributed by atoms with Gasteiger partial charge in [0, 0.05) is 14.8 Å². The summed E-state index contributed by atoms with van der Waals surface area (Å²) in [6.07, 6.45) is 2.24. The lowest BCUT2D eigenvalue weighted by Gasteiger charge is -2.17. The molecule has 2 aromatic rings. The highest BCUT2D eigenvalue weighted by atomic mass is 35.5. The molecule has 1 aromatic carbocycles. The molecule has 0 bridgehead atoms. The third-order valence-electron chi connectivity index (χ3n) is 3.12. The Morgan fingerprint density at radius 2 is 1.84 bits per heavy atom. The summed E-state index contributed by atoms with van der Waals surface area (Å²) in [4.78, 5) is 2.82. The average molecular weight is 294 g/mol. The van der Waals surface area contributed by atoms with Gasteiger partial charge in [0.25, 0.3) is 0 Å². The largest absolute Gasteiger partial charge is 0.306 e. The van der Waals surface area contributed by atoms with Gasteiger partial charge in [-0.15, -0.1) is 11.3 Å². The molecule has 3 heteroatoms. The summed E-state index contributed by atoms with van der Waals surface area (Å²) in [5, 5.41) is 4.42. The van der Waals surface area contributed by atoms with Gasteiger partial charge in [-0.2, -0.15) is 0 Å². The number of thiophene rings is 1. The number of nitrogens with one attached hydrogen (secondary N) is 1. The van der Waals surface area contributed by atoms with Crippen LogP contribution in [0.3, 0.4) is 0 Å². The third kappa shape index (κ3) is 3.82. The Labute approximate surface area is 124 Å². The minimum atomic E-state index is 0.280. The van der Waals surface area contributed by atoms with E-state index in [1.165, 1.54) is 15.3 Å². The Kier molecular flexibility index (Phi) is 5.44. The summed E-state index contributed by atoms with van der Waals surface area (Å²) in [5.41, 5.74) is 1.28. The molecule has 1 heterocycles. The molecule has 0 aliphatic carbocycles. The van der Waals surface area contributed by atoms with Crippen molar-refractivity contribution in [1.29, 1.82) is 0 Å². The van der Waals surface area contributed by atoms with Crippen molar-refractivity contribution in [3.63, 3.8) is 0 Å². The molecule has 0 fully saturated rings. The Morgan fingerprint density at radius 3 is 2.42 bits per heavy atom. The topological polar surface area (TPSA) is 12.0 Å². The SMILES string of the molecule is CCCNC(c1ccc(Cl)cc1)c1ccc(CC)s1. The first-order chi connectivity index (χ1) is 9.24. The van der Waals surface area contributed by atoms with Gasteiger partial charge in [0.2, 0.25) is 0 Å². The number of aryl methyl sites for hydroxylation is 1. The molecule has 0 radical (unpaired) electrons. The molecule has 0 spiro atoms. The summed E-state index contributed by atoms with van der Waals surface area (Å²) < 4.78 is 0. The molecule has 0 aliphatic rings. The summed E-state index contributed by atoms with van der Waals surface area (Å²) in [6, 6.07) is 12.9. The number of hydrogen-bond donors (Lipinski definition) is 1. The fourth-order valence-corrected chi connectivity index (χ4v) is 3.25. The predicted octanol–water partition coefficient (Wildman–Crippen LogP) is 5.05. The zero-order valence-electron chi connectivity index (χ0n) is 11.4. The van der Waals surface area contributed by atoms with Crippen LogP contribution in [0.25, 0.3) is 0 Å². The van der Waals surface area contributed by atoms with Crippen LogP contribution in [0.1, 0.15) is 41.6 Å². The lowest BCUT2D eigenvalue weighted by atomic mass is 10.1. The lowest BCUT2D eigenvalue weighted by molar-refractivity contribution is 0.606. The smallest absolute Gasteiger partial charge is 0.0671 e. The van der Waals surface area contributed by atoms with Crippen LogP contribution in [0.4, 0.5) is 0 Å². The van der Waals surface area contributed by atoms with Crippen LogP contribution < -0.4 is 5.32 Å². The number of halogens is 1. The second-order valence-electron chi connectivity index (χ2n) is 4.60. The number of benzene rings is 1. The van der Waals surface area contributed by atoms with Gasteiger partial charge in [-0.1, -0.05) is 37.6 Å². The molecular weight excluding hydrogens is 274 g/mol. The van der Waals surface area contributed by atoms with Gasteiger partial charge in [0.05, 0.1) is 6.04 Å². The molecule has 19 heavy (non-hydrogen) atoms. The van der Waals surface area contributed by atoms with E-state index in [0.29, 0.717) is 0 Å².